The van der Waals surface area contributed by atoms with Crippen molar-refractivity contribution >= 4 is 35.5 Å². The predicted molar refractivity (Wildman–Crippen MR) is 87.1 cm³/mol. The van der Waals surface area contributed by atoms with Crippen molar-refractivity contribution in [1.82, 2.24) is 10.7 Å². The molecule has 1 saturated heterocycles. The lowest BCUT2D eigenvalue weighted by Crippen LogP contribution is -2.35. The monoisotopic (exact) mass is 322 g/mol. The number of hydrazone groups is 1. The molecule has 1 amide bonds. The number of nitrogens with zero attached hydrogens (tertiary/aromatic N) is 2. The van der Waals surface area contributed by atoms with Crippen molar-refractivity contribution in [1.29, 1.82) is 0 Å². The van der Waals surface area contributed by atoms with Gasteiger partial charge < -0.3 is 15.3 Å². The molecular weight excluding hydrogens is 304 g/mol. The van der Waals surface area contributed by atoms with E-state index in [1.54, 1.807) is 6.21 Å². The highest BCUT2D eigenvalue weighted by molar-refractivity contribution is 8.01. The Kier molecular flexibility index (Phi) is 5.26. The van der Waals surface area contributed by atoms with Gasteiger partial charge in [0, 0.05) is 19.8 Å². The maximum Gasteiger partial charge on any atom is 0.305 e. The number of carbonyl (C=O) groups excluding carboxylic acids is 1. The van der Waals surface area contributed by atoms with Gasteiger partial charge >= 0.3 is 5.97 Å². The molecule has 1 aromatic rings. The van der Waals surface area contributed by atoms with Crippen molar-refractivity contribution < 1.29 is 14.7 Å². The predicted octanol–water partition coefficient (Wildman–Crippen LogP) is 0.666. The van der Waals surface area contributed by atoms with E-state index in [1.807, 2.05) is 43.3 Å². The van der Waals surface area contributed by atoms with Crippen LogP contribution >= 0.6 is 11.8 Å². The van der Waals surface area contributed by atoms with Gasteiger partial charge in [-0.15, -0.1) is 11.8 Å². The minimum Gasteiger partial charge on any atom is -0.481 e. The molecule has 7 nitrogen and oxygen atoms in total. The number of carboxylic acids is 1. The van der Waals surface area contributed by atoms with Gasteiger partial charge in [0.2, 0.25) is 5.91 Å². The van der Waals surface area contributed by atoms with Crippen LogP contribution in [-0.4, -0.2) is 48.0 Å². The molecule has 1 aromatic carbocycles. The normalized spacial score (nSPS) is 20.9. The van der Waals surface area contributed by atoms with E-state index in [-0.39, 0.29) is 12.3 Å². The lowest BCUT2D eigenvalue weighted by molar-refractivity contribution is -0.138. The molecular formula is C14H18N4O3S. The molecule has 2 atom stereocenters. The molecule has 1 aliphatic heterocycles. The van der Waals surface area contributed by atoms with Gasteiger partial charge in [0.1, 0.15) is 0 Å². The fourth-order valence-electron chi connectivity index (χ4n) is 1.88. The molecule has 0 spiro atoms. The second-order valence-electron chi connectivity index (χ2n) is 4.98. The minimum absolute atomic E-state index is 0.190. The van der Waals surface area contributed by atoms with Crippen LogP contribution in [0.2, 0.25) is 0 Å². The van der Waals surface area contributed by atoms with Crippen molar-refractivity contribution in [2.24, 2.45) is 5.10 Å². The molecule has 0 unspecified atom stereocenters. The second-order valence-corrected chi connectivity index (χ2v) is 6.30. The highest BCUT2D eigenvalue weighted by atomic mass is 32.2. The molecule has 0 saturated carbocycles. The van der Waals surface area contributed by atoms with Crippen molar-refractivity contribution in [2.75, 3.05) is 19.0 Å². The minimum atomic E-state index is -0.988. The summed E-state index contributed by atoms with van der Waals surface area (Å²) in [5.41, 5.74) is 4.41. The molecule has 0 aromatic heterocycles. The summed E-state index contributed by atoms with van der Waals surface area (Å²) in [4.78, 5) is 24.2. The Hall–Kier alpha value is -2.22. The van der Waals surface area contributed by atoms with Gasteiger partial charge in [-0.25, -0.2) is 0 Å². The number of rotatable bonds is 6. The van der Waals surface area contributed by atoms with Gasteiger partial charge in [-0.05, 0) is 17.7 Å². The Labute approximate surface area is 132 Å². The molecule has 22 heavy (non-hydrogen) atoms. The third-order valence-corrected chi connectivity index (χ3v) is 4.25. The molecule has 2 rings (SSSR count). The quantitative estimate of drug-likeness (QED) is 0.526. The molecule has 0 bridgehead atoms. The standard InChI is InChI=1S/C14H18N4O3S/c1-18(2)10-5-3-9(4-6-10)8-15-17-14-16-13(21)11(22-14)7-12(19)20/h3-6,8,11,14,17H,7H2,1-2H3,(H,16,21)(H,19,20)/b15-8-/t11-,14+/m0/s1. The molecule has 1 heterocycles. The van der Waals surface area contributed by atoms with Crippen LogP contribution in [-0.2, 0) is 9.59 Å². The number of thioether (sulfide) groups is 1. The first-order valence-corrected chi connectivity index (χ1v) is 7.63. The number of nitrogens with one attached hydrogen (secondary N) is 2. The van der Waals surface area contributed by atoms with Crippen molar-refractivity contribution in [3.63, 3.8) is 0 Å². The van der Waals surface area contributed by atoms with Crippen LogP contribution in [0.5, 0.6) is 0 Å². The number of hydrogen-bond acceptors (Lipinski definition) is 6. The van der Waals surface area contributed by atoms with Crippen LogP contribution in [0.25, 0.3) is 0 Å². The fraction of sp³-hybridized carbons (Fsp3) is 0.357. The van der Waals surface area contributed by atoms with Crippen LogP contribution in [0, 0.1) is 0 Å². The molecule has 1 aliphatic rings. The van der Waals surface area contributed by atoms with Crippen LogP contribution in [0.3, 0.4) is 0 Å². The van der Waals surface area contributed by atoms with Gasteiger partial charge in [-0.3, -0.25) is 15.0 Å². The largest absolute Gasteiger partial charge is 0.481 e. The third kappa shape index (κ3) is 4.39. The highest BCUT2D eigenvalue weighted by Gasteiger charge is 2.33. The van der Waals surface area contributed by atoms with E-state index in [2.05, 4.69) is 15.8 Å². The fourth-order valence-corrected chi connectivity index (χ4v) is 2.95. The summed E-state index contributed by atoms with van der Waals surface area (Å²) >= 11 is 1.22. The Morgan fingerprint density at radius 3 is 2.73 bits per heavy atom. The first-order chi connectivity index (χ1) is 10.5. The summed E-state index contributed by atoms with van der Waals surface area (Å²) in [5, 5.41) is 14.9. The lowest BCUT2D eigenvalue weighted by Gasteiger charge is -2.11. The number of anilines is 1. The van der Waals surface area contributed by atoms with Crippen molar-refractivity contribution in [3.8, 4) is 0 Å². The zero-order chi connectivity index (χ0) is 16.1. The van der Waals surface area contributed by atoms with E-state index < -0.39 is 16.7 Å². The molecule has 1 fully saturated rings. The molecule has 0 radical (unpaired) electrons. The van der Waals surface area contributed by atoms with Gasteiger partial charge in [0.15, 0.2) is 5.50 Å². The third-order valence-electron chi connectivity index (χ3n) is 3.04. The summed E-state index contributed by atoms with van der Waals surface area (Å²) < 4.78 is 0. The van der Waals surface area contributed by atoms with E-state index >= 15 is 0 Å². The first-order valence-electron chi connectivity index (χ1n) is 6.69. The first kappa shape index (κ1) is 16.2. The zero-order valence-corrected chi connectivity index (χ0v) is 13.1. The van der Waals surface area contributed by atoms with Crippen LogP contribution in [0.4, 0.5) is 5.69 Å². The maximum absolute atomic E-state index is 11.6. The maximum atomic E-state index is 11.6. The van der Waals surface area contributed by atoms with E-state index in [4.69, 9.17) is 5.11 Å². The molecule has 118 valence electrons. The lowest BCUT2D eigenvalue weighted by atomic mass is 10.2. The second kappa shape index (κ2) is 7.17. The Balaban J connectivity index is 1.85. The summed E-state index contributed by atoms with van der Waals surface area (Å²) in [5.74, 6) is -1.27. The van der Waals surface area contributed by atoms with Crippen molar-refractivity contribution in [3.05, 3.63) is 29.8 Å². The number of hydrogen-bond donors (Lipinski definition) is 3. The Morgan fingerprint density at radius 2 is 2.14 bits per heavy atom. The number of amides is 1. The Bertz CT molecular complexity index is 574. The Morgan fingerprint density at radius 1 is 1.45 bits per heavy atom. The van der Waals surface area contributed by atoms with Crippen molar-refractivity contribution in [2.45, 2.75) is 17.2 Å². The van der Waals surface area contributed by atoms with Crippen LogP contribution in [0.1, 0.15) is 12.0 Å². The number of aliphatic carboxylic acids is 1. The smallest absolute Gasteiger partial charge is 0.305 e. The number of carboxylic acid groups (broad SMARTS) is 1. The summed E-state index contributed by atoms with van der Waals surface area (Å²) in [6.45, 7) is 0. The SMILES string of the molecule is CN(C)c1ccc(/C=N\N[C@H]2NC(=O)[C@H](CC(=O)O)S2)cc1. The number of benzene rings is 1. The van der Waals surface area contributed by atoms with E-state index in [1.165, 1.54) is 11.8 Å². The van der Waals surface area contributed by atoms with Gasteiger partial charge in [0.25, 0.3) is 0 Å². The summed E-state index contributed by atoms with van der Waals surface area (Å²) in [6, 6.07) is 7.84. The van der Waals surface area contributed by atoms with Gasteiger partial charge in [-0.1, -0.05) is 12.1 Å². The van der Waals surface area contributed by atoms with Gasteiger partial charge in [-0.2, -0.15) is 5.10 Å². The highest BCUT2D eigenvalue weighted by Crippen LogP contribution is 2.24. The zero-order valence-electron chi connectivity index (χ0n) is 12.3. The van der Waals surface area contributed by atoms with E-state index in [0.29, 0.717) is 0 Å². The molecule has 8 heteroatoms. The topological polar surface area (TPSA) is 94.0 Å². The van der Waals surface area contributed by atoms with E-state index in [9.17, 15) is 9.59 Å². The van der Waals surface area contributed by atoms with E-state index in [0.717, 1.165) is 11.3 Å². The van der Waals surface area contributed by atoms with Crippen LogP contribution in [0.15, 0.2) is 29.4 Å². The molecule has 0 aliphatic carbocycles. The number of carbonyl (C=O) groups is 2. The van der Waals surface area contributed by atoms with Gasteiger partial charge in [0.05, 0.1) is 17.9 Å². The summed E-state index contributed by atoms with van der Waals surface area (Å²) in [6.07, 6.45) is 1.46. The summed E-state index contributed by atoms with van der Waals surface area (Å²) in [7, 11) is 3.94. The van der Waals surface area contributed by atoms with Crippen LogP contribution < -0.4 is 15.6 Å². The average molecular weight is 322 g/mol. The molecule has 3 N–H and O–H groups in total. The average Bonchev–Trinajstić information content (AvgIpc) is 2.79.